The Morgan fingerprint density at radius 1 is 1.26 bits per heavy atom. The van der Waals surface area contributed by atoms with Gasteiger partial charge in [0.2, 0.25) is 0 Å². The third-order valence-electron chi connectivity index (χ3n) is 3.49. The number of anilines is 1. The number of carboxylic acids is 1. The molecule has 0 fully saturated rings. The Morgan fingerprint density at radius 3 is 2.57 bits per heavy atom. The smallest absolute Gasteiger partial charge is 0.326 e. The molecule has 2 aromatic rings. The topological polar surface area (TPSA) is 49.8 Å². The van der Waals surface area contributed by atoms with E-state index in [0.29, 0.717) is 28.8 Å². The molecular formula is C18H20ClNO3. The van der Waals surface area contributed by atoms with Gasteiger partial charge in [-0.25, -0.2) is 4.79 Å². The van der Waals surface area contributed by atoms with Crippen LogP contribution in [0.4, 0.5) is 5.69 Å². The summed E-state index contributed by atoms with van der Waals surface area (Å²) in [5.74, 6) is 0.390. The Labute approximate surface area is 141 Å². The Balaban J connectivity index is 2.42. The average molecular weight is 334 g/mol. The van der Waals surface area contributed by atoms with Gasteiger partial charge in [-0.05, 0) is 43.7 Å². The van der Waals surface area contributed by atoms with Gasteiger partial charge in [-0.2, -0.15) is 0 Å². The molecule has 0 aliphatic carbocycles. The second kappa shape index (κ2) is 7.88. The van der Waals surface area contributed by atoms with E-state index in [9.17, 15) is 9.90 Å². The molecule has 0 saturated carbocycles. The first kappa shape index (κ1) is 17.2. The molecular weight excluding hydrogens is 314 g/mol. The van der Waals surface area contributed by atoms with Crippen LogP contribution >= 0.6 is 11.6 Å². The van der Waals surface area contributed by atoms with Crippen molar-refractivity contribution in [3.8, 4) is 11.5 Å². The number of benzene rings is 2. The molecule has 0 aliphatic rings. The van der Waals surface area contributed by atoms with Crippen LogP contribution in [0, 0.1) is 0 Å². The second-order valence-corrected chi connectivity index (χ2v) is 5.67. The summed E-state index contributed by atoms with van der Waals surface area (Å²) >= 11 is 6.12. The third kappa shape index (κ3) is 4.39. The zero-order valence-electron chi connectivity index (χ0n) is 13.2. The van der Waals surface area contributed by atoms with Gasteiger partial charge in [0.15, 0.2) is 5.75 Å². The van der Waals surface area contributed by atoms with Gasteiger partial charge in [-0.3, -0.25) is 0 Å². The van der Waals surface area contributed by atoms with Crippen LogP contribution in [0.25, 0.3) is 0 Å². The van der Waals surface area contributed by atoms with E-state index in [1.54, 1.807) is 30.0 Å². The first-order valence-corrected chi connectivity index (χ1v) is 7.92. The average Bonchev–Trinajstić information content (AvgIpc) is 2.54. The highest BCUT2D eigenvalue weighted by Gasteiger charge is 2.23. The first-order chi connectivity index (χ1) is 11.0. The van der Waals surface area contributed by atoms with E-state index in [2.05, 4.69) is 0 Å². The lowest BCUT2D eigenvalue weighted by Crippen LogP contribution is -2.39. The lowest BCUT2D eigenvalue weighted by molar-refractivity contribution is -0.138. The summed E-state index contributed by atoms with van der Waals surface area (Å²) in [4.78, 5) is 13.2. The van der Waals surface area contributed by atoms with Gasteiger partial charge in [0.25, 0.3) is 0 Å². The second-order valence-electron chi connectivity index (χ2n) is 5.23. The maximum Gasteiger partial charge on any atom is 0.326 e. The van der Waals surface area contributed by atoms with Gasteiger partial charge < -0.3 is 14.7 Å². The molecule has 0 heterocycles. The van der Waals surface area contributed by atoms with Gasteiger partial charge in [0, 0.05) is 11.6 Å². The molecule has 0 saturated heterocycles. The van der Waals surface area contributed by atoms with E-state index in [4.69, 9.17) is 16.3 Å². The van der Waals surface area contributed by atoms with E-state index in [1.807, 2.05) is 37.3 Å². The molecule has 0 aromatic heterocycles. The monoisotopic (exact) mass is 333 g/mol. The van der Waals surface area contributed by atoms with E-state index in [0.717, 1.165) is 6.42 Å². The van der Waals surface area contributed by atoms with Crippen LogP contribution in [-0.2, 0) is 4.79 Å². The number of nitrogens with zero attached hydrogens (tertiary/aromatic N) is 1. The zero-order chi connectivity index (χ0) is 16.8. The summed E-state index contributed by atoms with van der Waals surface area (Å²) in [6.45, 7) is 4.26. The maximum absolute atomic E-state index is 11.4. The molecule has 5 heteroatoms. The Kier molecular flexibility index (Phi) is 5.88. The van der Waals surface area contributed by atoms with Crippen LogP contribution in [-0.4, -0.2) is 23.7 Å². The molecule has 0 bridgehead atoms. The minimum atomic E-state index is -0.885. The number of ether oxygens (including phenoxy) is 1. The largest absolute Gasteiger partial charge is 0.480 e. The van der Waals surface area contributed by atoms with E-state index < -0.39 is 12.0 Å². The SMILES string of the molecule is CCCN(c1cc(Cl)ccc1Oc1ccccc1)[C@@H](C)C(=O)O. The fourth-order valence-corrected chi connectivity index (χ4v) is 2.48. The highest BCUT2D eigenvalue weighted by atomic mass is 35.5. The summed E-state index contributed by atoms with van der Waals surface area (Å²) < 4.78 is 5.93. The maximum atomic E-state index is 11.4. The van der Waals surface area contributed by atoms with E-state index in [-0.39, 0.29) is 0 Å². The summed E-state index contributed by atoms with van der Waals surface area (Å²) in [7, 11) is 0. The fraction of sp³-hybridized carbons (Fsp3) is 0.278. The van der Waals surface area contributed by atoms with Crippen molar-refractivity contribution < 1.29 is 14.6 Å². The first-order valence-electron chi connectivity index (χ1n) is 7.54. The van der Waals surface area contributed by atoms with Crippen molar-refractivity contribution in [1.29, 1.82) is 0 Å². The van der Waals surface area contributed by atoms with Crippen LogP contribution < -0.4 is 9.64 Å². The number of rotatable bonds is 7. The van der Waals surface area contributed by atoms with Gasteiger partial charge >= 0.3 is 5.97 Å². The lowest BCUT2D eigenvalue weighted by Gasteiger charge is -2.30. The Hall–Kier alpha value is -2.20. The molecule has 122 valence electrons. The summed E-state index contributed by atoms with van der Waals surface area (Å²) in [6.07, 6.45) is 0.814. The summed E-state index contributed by atoms with van der Waals surface area (Å²) in [6, 6.07) is 13.9. The van der Waals surface area contributed by atoms with Crippen molar-refractivity contribution in [1.82, 2.24) is 0 Å². The van der Waals surface area contributed by atoms with Crippen LogP contribution in [0.2, 0.25) is 5.02 Å². The number of hydrogen-bond donors (Lipinski definition) is 1. The fourth-order valence-electron chi connectivity index (χ4n) is 2.31. The normalized spacial score (nSPS) is 11.8. The summed E-state index contributed by atoms with van der Waals surface area (Å²) in [5.41, 5.74) is 0.679. The highest BCUT2D eigenvalue weighted by Crippen LogP contribution is 2.35. The van der Waals surface area contributed by atoms with Crippen molar-refractivity contribution in [2.24, 2.45) is 0 Å². The van der Waals surface area contributed by atoms with Gasteiger partial charge in [0.05, 0.1) is 5.69 Å². The van der Waals surface area contributed by atoms with Crippen molar-refractivity contribution in [3.05, 3.63) is 53.6 Å². The standard InChI is InChI=1S/C18H20ClNO3/c1-3-11-20(13(2)18(21)22)16-12-14(19)9-10-17(16)23-15-7-5-4-6-8-15/h4-10,12-13H,3,11H2,1-2H3,(H,21,22)/t13-/m0/s1. The third-order valence-corrected chi connectivity index (χ3v) is 3.73. The Bertz CT molecular complexity index is 661. The van der Waals surface area contributed by atoms with Crippen molar-refractivity contribution in [2.45, 2.75) is 26.3 Å². The van der Waals surface area contributed by atoms with Crippen molar-refractivity contribution in [2.75, 3.05) is 11.4 Å². The molecule has 1 N–H and O–H groups in total. The van der Waals surface area contributed by atoms with Gasteiger partial charge in [0.1, 0.15) is 11.8 Å². The minimum absolute atomic E-state index is 0.541. The minimum Gasteiger partial charge on any atom is -0.480 e. The molecule has 0 aliphatic heterocycles. The molecule has 4 nitrogen and oxygen atoms in total. The molecule has 0 amide bonds. The van der Waals surface area contributed by atoms with Gasteiger partial charge in [-0.1, -0.05) is 36.7 Å². The van der Waals surface area contributed by atoms with Crippen LogP contribution in [0.1, 0.15) is 20.3 Å². The number of halogens is 1. The summed E-state index contributed by atoms with van der Waals surface area (Å²) in [5, 5.41) is 9.92. The number of hydrogen-bond acceptors (Lipinski definition) is 3. The number of para-hydroxylation sites is 1. The Morgan fingerprint density at radius 2 is 1.96 bits per heavy atom. The van der Waals surface area contributed by atoms with Crippen LogP contribution in [0.3, 0.4) is 0 Å². The molecule has 23 heavy (non-hydrogen) atoms. The predicted molar refractivity (Wildman–Crippen MR) is 92.7 cm³/mol. The van der Waals surface area contributed by atoms with E-state index in [1.165, 1.54) is 0 Å². The number of carboxylic acid groups (broad SMARTS) is 1. The quantitative estimate of drug-likeness (QED) is 0.789. The zero-order valence-corrected chi connectivity index (χ0v) is 14.0. The van der Waals surface area contributed by atoms with Gasteiger partial charge in [-0.15, -0.1) is 0 Å². The molecule has 0 unspecified atom stereocenters. The molecule has 2 rings (SSSR count). The molecule has 2 aromatic carbocycles. The molecule has 1 atom stereocenters. The molecule has 0 radical (unpaired) electrons. The van der Waals surface area contributed by atoms with E-state index >= 15 is 0 Å². The number of aliphatic carboxylic acids is 1. The molecule has 0 spiro atoms. The predicted octanol–water partition coefficient (Wildman–Crippen LogP) is 4.82. The van der Waals surface area contributed by atoms with Crippen LogP contribution in [0.5, 0.6) is 11.5 Å². The van der Waals surface area contributed by atoms with Crippen LogP contribution in [0.15, 0.2) is 48.5 Å². The van der Waals surface area contributed by atoms with Crippen molar-refractivity contribution in [3.63, 3.8) is 0 Å². The van der Waals surface area contributed by atoms with Crippen molar-refractivity contribution >= 4 is 23.3 Å². The number of carbonyl (C=O) groups is 1. The lowest BCUT2D eigenvalue weighted by atomic mass is 10.2. The highest BCUT2D eigenvalue weighted by molar-refractivity contribution is 6.31.